The third kappa shape index (κ3) is 2.85. The molecule has 0 N–H and O–H groups in total. The van der Waals surface area contributed by atoms with Crippen LogP contribution in [0.15, 0.2) is 18.3 Å². The topological polar surface area (TPSA) is 42.9 Å². The Morgan fingerprint density at radius 1 is 1.33 bits per heavy atom. The number of aromatic nitrogens is 2. The van der Waals surface area contributed by atoms with E-state index in [4.69, 9.17) is 0 Å². The molecule has 1 heterocycles. The van der Waals surface area contributed by atoms with Gasteiger partial charge in [-0.3, -0.25) is 4.79 Å². The van der Waals surface area contributed by atoms with Crippen LogP contribution in [0.2, 0.25) is 0 Å². The van der Waals surface area contributed by atoms with Crippen molar-refractivity contribution in [2.24, 2.45) is 5.92 Å². The molecule has 0 amide bonds. The van der Waals surface area contributed by atoms with Crippen LogP contribution in [-0.4, -0.2) is 16.0 Å². The third-order valence-electron chi connectivity index (χ3n) is 3.04. The van der Waals surface area contributed by atoms with Crippen LogP contribution in [0.4, 0.5) is 0 Å². The summed E-state index contributed by atoms with van der Waals surface area (Å²) in [5.74, 6) is 0.621. The van der Waals surface area contributed by atoms with E-state index in [2.05, 4.69) is 10.2 Å². The first kappa shape index (κ1) is 10.3. The van der Waals surface area contributed by atoms with Gasteiger partial charge in [0.2, 0.25) is 0 Å². The van der Waals surface area contributed by atoms with Crippen molar-refractivity contribution in [3.05, 3.63) is 24.0 Å². The van der Waals surface area contributed by atoms with Gasteiger partial charge in [0, 0.05) is 12.1 Å². The molecule has 15 heavy (non-hydrogen) atoms. The lowest BCUT2D eigenvalue weighted by Gasteiger charge is -2.19. The lowest BCUT2D eigenvalue weighted by atomic mass is 9.85. The number of nitrogens with zero attached hydrogens (tertiary/aromatic N) is 2. The summed E-state index contributed by atoms with van der Waals surface area (Å²) >= 11 is 0. The van der Waals surface area contributed by atoms with E-state index >= 15 is 0 Å². The maximum absolute atomic E-state index is 11.9. The van der Waals surface area contributed by atoms with Crippen LogP contribution in [0, 0.1) is 5.92 Å². The molecule has 0 aromatic carbocycles. The highest BCUT2D eigenvalue weighted by atomic mass is 16.1. The van der Waals surface area contributed by atoms with Crippen molar-refractivity contribution < 1.29 is 4.79 Å². The van der Waals surface area contributed by atoms with Crippen LogP contribution in [0.5, 0.6) is 0 Å². The summed E-state index contributed by atoms with van der Waals surface area (Å²) in [6.45, 7) is 0. The molecule has 1 fully saturated rings. The number of rotatable bonds is 3. The number of hydrogen-bond donors (Lipinski definition) is 0. The van der Waals surface area contributed by atoms with Gasteiger partial charge in [0.1, 0.15) is 5.78 Å². The van der Waals surface area contributed by atoms with Crippen LogP contribution in [-0.2, 0) is 11.2 Å². The molecule has 1 aromatic heterocycles. The highest BCUT2D eigenvalue weighted by Gasteiger charge is 2.21. The van der Waals surface area contributed by atoms with Gasteiger partial charge in [-0.05, 0) is 25.0 Å². The lowest BCUT2D eigenvalue weighted by molar-refractivity contribution is -0.123. The standard InChI is InChI=1S/C12H16N2O/c15-12(10-5-2-1-3-6-10)9-11-7-4-8-13-14-11/h4,7-8,10H,1-3,5-6,9H2. The summed E-state index contributed by atoms with van der Waals surface area (Å²) in [6.07, 6.45) is 7.92. The average Bonchev–Trinajstić information content (AvgIpc) is 2.31. The van der Waals surface area contributed by atoms with Crippen molar-refractivity contribution in [1.82, 2.24) is 10.2 Å². The minimum absolute atomic E-state index is 0.278. The Morgan fingerprint density at radius 2 is 2.13 bits per heavy atom. The Morgan fingerprint density at radius 3 is 2.80 bits per heavy atom. The van der Waals surface area contributed by atoms with Gasteiger partial charge in [0.15, 0.2) is 0 Å². The minimum Gasteiger partial charge on any atom is -0.299 e. The van der Waals surface area contributed by atoms with E-state index in [9.17, 15) is 4.79 Å². The first-order valence-electron chi connectivity index (χ1n) is 5.65. The third-order valence-corrected chi connectivity index (χ3v) is 3.04. The van der Waals surface area contributed by atoms with E-state index in [0.717, 1.165) is 18.5 Å². The average molecular weight is 204 g/mol. The first-order chi connectivity index (χ1) is 7.36. The summed E-state index contributed by atoms with van der Waals surface area (Å²) in [4.78, 5) is 11.9. The van der Waals surface area contributed by atoms with Crippen molar-refractivity contribution in [3.8, 4) is 0 Å². The molecule has 1 saturated carbocycles. The van der Waals surface area contributed by atoms with E-state index in [0.29, 0.717) is 12.2 Å². The van der Waals surface area contributed by atoms with Gasteiger partial charge in [-0.1, -0.05) is 19.3 Å². The van der Waals surface area contributed by atoms with E-state index in [-0.39, 0.29) is 5.92 Å². The molecule has 3 nitrogen and oxygen atoms in total. The molecule has 1 aromatic rings. The molecule has 1 aliphatic carbocycles. The Bertz CT molecular complexity index is 318. The number of ketones is 1. The van der Waals surface area contributed by atoms with Crippen molar-refractivity contribution in [3.63, 3.8) is 0 Å². The predicted octanol–water partition coefficient (Wildman–Crippen LogP) is 2.17. The molecular formula is C12H16N2O. The minimum atomic E-state index is 0.278. The number of hydrogen-bond acceptors (Lipinski definition) is 3. The molecule has 80 valence electrons. The normalized spacial score (nSPS) is 17.6. The molecule has 0 spiro atoms. The molecule has 0 aliphatic heterocycles. The Kier molecular flexibility index (Phi) is 3.43. The summed E-state index contributed by atoms with van der Waals surface area (Å²) in [5.41, 5.74) is 0.799. The fourth-order valence-corrected chi connectivity index (χ4v) is 2.18. The van der Waals surface area contributed by atoms with Gasteiger partial charge < -0.3 is 0 Å². The van der Waals surface area contributed by atoms with Gasteiger partial charge in [0.05, 0.1) is 12.1 Å². The van der Waals surface area contributed by atoms with Crippen LogP contribution in [0.1, 0.15) is 37.8 Å². The summed E-state index contributed by atoms with van der Waals surface area (Å²) in [6, 6.07) is 3.70. The molecule has 3 heteroatoms. The van der Waals surface area contributed by atoms with E-state index in [1.54, 1.807) is 6.20 Å². The van der Waals surface area contributed by atoms with E-state index in [1.165, 1.54) is 19.3 Å². The molecule has 0 saturated heterocycles. The van der Waals surface area contributed by atoms with Gasteiger partial charge in [-0.2, -0.15) is 10.2 Å². The van der Waals surface area contributed by atoms with Crippen molar-refractivity contribution >= 4 is 5.78 Å². The fourth-order valence-electron chi connectivity index (χ4n) is 2.18. The zero-order valence-electron chi connectivity index (χ0n) is 8.85. The van der Waals surface area contributed by atoms with Crippen LogP contribution < -0.4 is 0 Å². The van der Waals surface area contributed by atoms with E-state index < -0.39 is 0 Å². The summed E-state index contributed by atoms with van der Waals surface area (Å²) in [5, 5.41) is 7.72. The quantitative estimate of drug-likeness (QED) is 0.757. The second kappa shape index (κ2) is 5.01. The van der Waals surface area contributed by atoms with Gasteiger partial charge in [-0.15, -0.1) is 0 Å². The molecule has 0 atom stereocenters. The number of carbonyl (C=O) groups excluding carboxylic acids is 1. The predicted molar refractivity (Wildman–Crippen MR) is 57.3 cm³/mol. The smallest absolute Gasteiger partial charge is 0.141 e. The Hall–Kier alpha value is -1.25. The lowest BCUT2D eigenvalue weighted by Crippen LogP contribution is -2.20. The summed E-state index contributed by atoms with van der Waals surface area (Å²) < 4.78 is 0. The SMILES string of the molecule is O=C(Cc1cccnn1)C1CCCCC1. The van der Waals surface area contributed by atoms with Gasteiger partial charge >= 0.3 is 0 Å². The zero-order chi connectivity index (χ0) is 10.5. The molecule has 1 aliphatic rings. The van der Waals surface area contributed by atoms with Gasteiger partial charge in [0.25, 0.3) is 0 Å². The highest BCUT2D eigenvalue weighted by Crippen LogP contribution is 2.25. The maximum atomic E-state index is 11.9. The zero-order valence-corrected chi connectivity index (χ0v) is 8.85. The molecule has 0 unspecified atom stereocenters. The highest BCUT2D eigenvalue weighted by molar-refractivity contribution is 5.82. The van der Waals surface area contributed by atoms with Crippen LogP contribution in [0.25, 0.3) is 0 Å². The van der Waals surface area contributed by atoms with Crippen molar-refractivity contribution in [2.45, 2.75) is 38.5 Å². The van der Waals surface area contributed by atoms with Crippen LogP contribution >= 0.6 is 0 Å². The van der Waals surface area contributed by atoms with Crippen LogP contribution in [0.3, 0.4) is 0 Å². The fraction of sp³-hybridized carbons (Fsp3) is 0.583. The second-order valence-corrected chi connectivity index (χ2v) is 4.19. The molecule has 0 bridgehead atoms. The first-order valence-corrected chi connectivity index (χ1v) is 5.65. The molecular weight excluding hydrogens is 188 g/mol. The Balaban J connectivity index is 1.91. The number of carbonyl (C=O) groups is 1. The Labute approximate surface area is 89.9 Å². The van der Waals surface area contributed by atoms with Crippen molar-refractivity contribution in [1.29, 1.82) is 0 Å². The monoisotopic (exact) mass is 204 g/mol. The largest absolute Gasteiger partial charge is 0.299 e. The maximum Gasteiger partial charge on any atom is 0.141 e. The second-order valence-electron chi connectivity index (χ2n) is 4.19. The van der Waals surface area contributed by atoms with Gasteiger partial charge in [-0.25, -0.2) is 0 Å². The molecule has 2 rings (SSSR count). The van der Waals surface area contributed by atoms with Crippen molar-refractivity contribution in [2.75, 3.05) is 0 Å². The van der Waals surface area contributed by atoms with E-state index in [1.807, 2.05) is 12.1 Å². The number of Topliss-reactive ketones (excluding diaryl/α,β-unsaturated/α-hetero) is 1. The molecule has 0 radical (unpaired) electrons. The summed E-state index contributed by atoms with van der Waals surface area (Å²) in [7, 11) is 0.